The zero-order chi connectivity index (χ0) is 8.81. The van der Waals surface area contributed by atoms with Gasteiger partial charge in [-0.15, -0.1) is 0 Å². The summed E-state index contributed by atoms with van der Waals surface area (Å²) < 4.78 is 5.29. The van der Waals surface area contributed by atoms with Gasteiger partial charge in [0.1, 0.15) is 5.75 Å². The van der Waals surface area contributed by atoms with E-state index in [-0.39, 0.29) is 0 Å². The van der Waals surface area contributed by atoms with Gasteiger partial charge in [-0.05, 0) is 19.1 Å². The first-order chi connectivity index (χ1) is 5.83. The first-order valence-electron chi connectivity index (χ1n) is 3.85. The average Bonchev–Trinajstić information content (AvgIpc) is 2.09. The molecule has 0 saturated heterocycles. The minimum Gasteiger partial charge on any atom is -0.486 e. The van der Waals surface area contributed by atoms with Crippen molar-refractivity contribution >= 4 is 0 Å². The van der Waals surface area contributed by atoms with Crippen LogP contribution in [0.1, 0.15) is 5.56 Å². The third kappa shape index (κ3) is 2.63. The largest absolute Gasteiger partial charge is 0.486 e. The fourth-order valence-corrected chi connectivity index (χ4v) is 0.844. The Labute approximate surface area is 72.6 Å². The molecule has 0 aromatic heterocycles. The van der Waals surface area contributed by atoms with Gasteiger partial charge < -0.3 is 9.58 Å². The van der Waals surface area contributed by atoms with Gasteiger partial charge in [-0.25, -0.2) is 6.57 Å². The van der Waals surface area contributed by atoms with Crippen molar-refractivity contribution in [1.29, 1.82) is 0 Å². The van der Waals surface area contributed by atoms with Crippen LogP contribution < -0.4 is 4.74 Å². The van der Waals surface area contributed by atoms with Crippen LogP contribution in [0.25, 0.3) is 4.85 Å². The van der Waals surface area contributed by atoms with Crippen LogP contribution >= 0.6 is 0 Å². The molecule has 0 aliphatic heterocycles. The van der Waals surface area contributed by atoms with Crippen LogP contribution in [0.2, 0.25) is 0 Å². The van der Waals surface area contributed by atoms with Gasteiger partial charge in [-0.1, -0.05) is 17.7 Å². The summed E-state index contributed by atoms with van der Waals surface area (Å²) in [6.07, 6.45) is 0. The number of rotatable bonds is 3. The lowest BCUT2D eigenvalue weighted by molar-refractivity contribution is 0.336. The second kappa shape index (κ2) is 4.40. The summed E-state index contributed by atoms with van der Waals surface area (Å²) in [7, 11) is 0. The van der Waals surface area contributed by atoms with E-state index >= 15 is 0 Å². The maximum Gasteiger partial charge on any atom is 0.248 e. The highest BCUT2D eigenvalue weighted by Gasteiger charge is 1.92. The van der Waals surface area contributed by atoms with Gasteiger partial charge >= 0.3 is 0 Å². The Morgan fingerprint density at radius 1 is 1.33 bits per heavy atom. The third-order valence-corrected chi connectivity index (χ3v) is 1.49. The fraction of sp³-hybridized carbons (Fsp3) is 0.300. The smallest absolute Gasteiger partial charge is 0.248 e. The van der Waals surface area contributed by atoms with Crippen LogP contribution in [0.4, 0.5) is 0 Å². The maximum atomic E-state index is 6.55. The van der Waals surface area contributed by atoms with Crippen LogP contribution in [-0.4, -0.2) is 13.2 Å². The molecule has 0 spiro atoms. The summed E-state index contributed by atoms with van der Waals surface area (Å²) in [5.41, 5.74) is 1.22. The van der Waals surface area contributed by atoms with Gasteiger partial charge in [0.25, 0.3) is 0 Å². The van der Waals surface area contributed by atoms with Crippen molar-refractivity contribution in [2.24, 2.45) is 0 Å². The molecule has 0 fully saturated rings. The first-order valence-corrected chi connectivity index (χ1v) is 3.85. The molecule has 0 atom stereocenters. The fourth-order valence-electron chi connectivity index (χ4n) is 0.844. The van der Waals surface area contributed by atoms with Crippen LogP contribution in [0.5, 0.6) is 5.75 Å². The molecular weight excluding hydrogens is 150 g/mol. The van der Waals surface area contributed by atoms with Gasteiger partial charge in [-0.2, -0.15) is 0 Å². The normalized spacial score (nSPS) is 9.00. The molecule has 1 aromatic carbocycles. The quantitative estimate of drug-likeness (QED) is 0.490. The van der Waals surface area contributed by atoms with Crippen LogP contribution in [-0.2, 0) is 0 Å². The van der Waals surface area contributed by atoms with Crippen molar-refractivity contribution in [3.63, 3.8) is 0 Å². The van der Waals surface area contributed by atoms with Crippen molar-refractivity contribution < 1.29 is 4.74 Å². The van der Waals surface area contributed by atoms with E-state index in [0.29, 0.717) is 13.2 Å². The molecule has 0 bridgehead atoms. The molecule has 0 N–H and O–H groups in total. The van der Waals surface area contributed by atoms with E-state index in [2.05, 4.69) is 4.85 Å². The van der Waals surface area contributed by atoms with Gasteiger partial charge in [-0.3, -0.25) is 0 Å². The Hall–Kier alpha value is -1.49. The molecule has 0 saturated carbocycles. The van der Waals surface area contributed by atoms with Gasteiger partial charge in [0.05, 0.1) is 0 Å². The SMILES string of the molecule is [C-]#[N+]CCOc1ccc(C)cc1. The molecule has 12 heavy (non-hydrogen) atoms. The lowest BCUT2D eigenvalue weighted by Gasteiger charge is -2.01. The highest BCUT2D eigenvalue weighted by Crippen LogP contribution is 2.10. The minimum atomic E-state index is 0.424. The molecule has 0 aliphatic carbocycles. The van der Waals surface area contributed by atoms with Crippen molar-refractivity contribution in [3.8, 4) is 5.75 Å². The van der Waals surface area contributed by atoms with Crippen LogP contribution in [0, 0.1) is 13.5 Å². The lowest BCUT2D eigenvalue weighted by atomic mass is 10.2. The summed E-state index contributed by atoms with van der Waals surface area (Å²) >= 11 is 0. The van der Waals surface area contributed by atoms with Gasteiger partial charge in [0.15, 0.2) is 6.61 Å². The molecule has 0 amide bonds. The number of nitrogens with zero attached hydrogens (tertiary/aromatic N) is 1. The Morgan fingerprint density at radius 3 is 2.58 bits per heavy atom. The van der Waals surface area contributed by atoms with E-state index in [1.165, 1.54) is 5.56 Å². The molecule has 62 valence electrons. The molecular formula is C10H11NO. The second-order valence-electron chi connectivity index (χ2n) is 2.54. The van der Waals surface area contributed by atoms with Crippen LogP contribution in [0.15, 0.2) is 24.3 Å². The second-order valence-corrected chi connectivity index (χ2v) is 2.54. The van der Waals surface area contributed by atoms with E-state index in [1.54, 1.807) is 0 Å². The minimum absolute atomic E-state index is 0.424. The number of benzene rings is 1. The summed E-state index contributed by atoms with van der Waals surface area (Å²) in [6.45, 7) is 9.48. The van der Waals surface area contributed by atoms with E-state index in [9.17, 15) is 0 Å². The molecule has 0 radical (unpaired) electrons. The van der Waals surface area contributed by atoms with Gasteiger partial charge in [0, 0.05) is 0 Å². The number of aryl methyl sites for hydroxylation is 1. The van der Waals surface area contributed by atoms with E-state index in [1.807, 2.05) is 31.2 Å². The Kier molecular flexibility index (Phi) is 3.16. The van der Waals surface area contributed by atoms with E-state index in [4.69, 9.17) is 11.3 Å². The summed E-state index contributed by atoms with van der Waals surface area (Å²) in [6, 6.07) is 7.82. The first kappa shape index (κ1) is 8.61. The molecule has 2 nitrogen and oxygen atoms in total. The molecule has 1 aromatic rings. The molecule has 0 heterocycles. The molecule has 0 aliphatic rings. The van der Waals surface area contributed by atoms with E-state index in [0.717, 1.165) is 5.75 Å². The predicted molar refractivity (Wildman–Crippen MR) is 48.1 cm³/mol. The lowest BCUT2D eigenvalue weighted by Crippen LogP contribution is -1.98. The Bertz CT molecular complexity index is 271. The Morgan fingerprint density at radius 2 is 2.00 bits per heavy atom. The van der Waals surface area contributed by atoms with Crippen molar-refractivity contribution in [3.05, 3.63) is 41.2 Å². The highest BCUT2D eigenvalue weighted by molar-refractivity contribution is 5.26. The summed E-state index contributed by atoms with van der Waals surface area (Å²) in [5, 5.41) is 0. The standard InChI is InChI=1S/C10H11NO/c1-9-3-5-10(6-4-9)12-8-7-11-2/h3-6H,7-8H2,1H3. The summed E-state index contributed by atoms with van der Waals surface area (Å²) in [4.78, 5) is 3.19. The summed E-state index contributed by atoms with van der Waals surface area (Å²) in [5.74, 6) is 0.837. The highest BCUT2D eigenvalue weighted by atomic mass is 16.5. The van der Waals surface area contributed by atoms with Crippen molar-refractivity contribution in [2.45, 2.75) is 6.92 Å². The number of hydrogen-bond acceptors (Lipinski definition) is 1. The molecule has 1 rings (SSSR count). The van der Waals surface area contributed by atoms with E-state index < -0.39 is 0 Å². The topological polar surface area (TPSA) is 13.6 Å². The van der Waals surface area contributed by atoms with Crippen molar-refractivity contribution in [2.75, 3.05) is 13.2 Å². The van der Waals surface area contributed by atoms with Gasteiger partial charge in [0.2, 0.25) is 6.54 Å². The molecule has 2 heteroatoms. The Balaban J connectivity index is 2.43. The average molecular weight is 161 g/mol. The molecule has 0 unspecified atom stereocenters. The zero-order valence-corrected chi connectivity index (χ0v) is 7.08. The number of ether oxygens (including phenoxy) is 1. The maximum absolute atomic E-state index is 6.55. The van der Waals surface area contributed by atoms with Crippen molar-refractivity contribution in [1.82, 2.24) is 0 Å². The zero-order valence-electron chi connectivity index (χ0n) is 7.08. The van der Waals surface area contributed by atoms with Crippen LogP contribution in [0.3, 0.4) is 0 Å². The number of hydrogen-bond donors (Lipinski definition) is 0. The monoisotopic (exact) mass is 161 g/mol. The third-order valence-electron chi connectivity index (χ3n) is 1.49. The predicted octanol–water partition coefficient (Wildman–Crippen LogP) is 2.29.